The van der Waals surface area contributed by atoms with E-state index in [0.717, 1.165) is 0 Å². The van der Waals surface area contributed by atoms with E-state index in [-0.39, 0.29) is 0 Å². The van der Waals surface area contributed by atoms with E-state index in [9.17, 15) is 4.21 Å². The molecule has 3 nitrogen and oxygen atoms in total. The summed E-state index contributed by atoms with van der Waals surface area (Å²) in [5, 5.41) is 0.313. The zero-order valence-electron chi connectivity index (χ0n) is 5.78. The number of pyridine rings is 1. The Balaban J connectivity index is 2.96. The molecule has 11 heavy (non-hydrogen) atoms. The van der Waals surface area contributed by atoms with Gasteiger partial charge in [0, 0.05) is 6.20 Å². The molecule has 0 aliphatic carbocycles. The third kappa shape index (κ3) is 2.29. The zero-order chi connectivity index (χ0) is 8.27. The van der Waals surface area contributed by atoms with Crippen LogP contribution < -0.4 is 0 Å². The summed E-state index contributed by atoms with van der Waals surface area (Å²) < 4.78 is 15.5. The van der Waals surface area contributed by atoms with Gasteiger partial charge in [-0.15, -0.1) is 0 Å². The highest BCUT2D eigenvalue weighted by molar-refractivity contribution is 7.80. The normalized spacial score (nSPS) is 12.8. The molecule has 6 heteroatoms. The third-order valence-corrected chi connectivity index (χ3v) is 2.19. The van der Waals surface area contributed by atoms with Crippen molar-refractivity contribution in [3.05, 3.63) is 23.5 Å². The van der Waals surface area contributed by atoms with Crippen molar-refractivity contribution in [1.82, 2.24) is 4.98 Å². The lowest BCUT2D eigenvalue weighted by Gasteiger charge is -1.97. The molecule has 0 saturated carbocycles. The summed E-state index contributed by atoms with van der Waals surface area (Å²) in [6.45, 7) is 0. The standard InChI is InChI=1S/C5H5BClNO2S/c6-10-11(9)4-1-2-8-5(7)3-4/h1-3H,6H2. The molecule has 1 aromatic rings. The molecule has 58 valence electrons. The highest BCUT2D eigenvalue weighted by Crippen LogP contribution is 2.10. The summed E-state index contributed by atoms with van der Waals surface area (Å²) >= 11 is 4.12. The van der Waals surface area contributed by atoms with Crippen molar-refractivity contribution >= 4 is 30.7 Å². The van der Waals surface area contributed by atoms with Gasteiger partial charge in [-0.25, -0.2) is 9.19 Å². The van der Waals surface area contributed by atoms with E-state index in [0.29, 0.717) is 10.0 Å². The second kappa shape index (κ2) is 3.85. The largest absolute Gasteiger partial charge is 0.360 e. The van der Waals surface area contributed by atoms with Gasteiger partial charge in [0.25, 0.3) is 8.05 Å². The number of halogens is 1. The van der Waals surface area contributed by atoms with Crippen LogP contribution >= 0.6 is 11.6 Å². The predicted molar refractivity (Wildman–Crippen MR) is 45.3 cm³/mol. The van der Waals surface area contributed by atoms with Crippen molar-refractivity contribution in [2.75, 3.05) is 0 Å². The van der Waals surface area contributed by atoms with Gasteiger partial charge in [0.15, 0.2) is 11.1 Å². The Bertz CT molecular complexity index is 283. The maximum absolute atomic E-state index is 11.0. The summed E-state index contributed by atoms with van der Waals surface area (Å²) in [5.74, 6) is 0. The van der Waals surface area contributed by atoms with Crippen LogP contribution in [0.15, 0.2) is 23.2 Å². The van der Waals surface area contributed by atoms with Crippen LogP contribution in [0, 0.1) is 0 Å². The first kappa shape index (κ1) is 8.71. The molecule has 0 saturated heterocycles. The Morgan fingerprint density at radius 3 is 3.00 bits per heavy atom. The first-order valence-electron chi connectivity index (χ1n) is 2.82. The van der Waals surface area contributed by atoms with E-state index in [4.69, 9.17) is 11.6 Å². The van der Waals surface area contributed by atoms with Gasteiger partial charge in [0.2, 0.25) is 0 Å². The van der Waals surface area contributed by atoms with Crippen LogP contribution in [0.5, 0.6) is 0 Å². The van der Waals surface area contributed by atoms with E-state index in [1.54, 1.807) is 6.07 Å². The van der Waals surface area contributed by atoms with E-state index >= 15 is 0 Å². The Morgan fingerprint density at radius 1 is 1.73 bits per heavy atom. The highest BCUT2D eigenvalue weighted by Gasteiger charge is 2.01. The number of hydrogen-bond acceptors (Lipinski definition) is 3. The molecule has 1 heterocycles. The summed E-state index contributed by atoms with van der Waals surface area (Å²) in [5.41, 5.74) is 0. The minimum atomic E-state index is -1.43. The Kier molecular flexibility index (Phi) is 3.05. The van der Waals surface area contributed by atoms with Crippen molar-refractivity contribution in [2.24, 2.45) is 0 Å². The predicted octanol–water partition coefficient (Wildman–Crippen LogP) is 0.322. The molecule has 0 aromatic carbocycles. The van der Waals surface area contributed by atoms with E-state index in [1.165, 1.54) is 20.3 Å². The maximum atomic E-state index is 11.0. The highest BCUT2D eigenvalue weighted by atomic mass is 35.5. The van der Waals surface area contributed by atoms with Crippen LogP contribution in [0.25, 0.3) is 0 Å². The summed E-state index contributed by atoms with van der Waals surface area (Å²) in [7, 11) is 1.37. The second-order valence-corrected chi connectivity index (χ2v) is 3.38. The summed E-state index contributed by atoms with van der Waals surface area (Å²) in [6.07, 6.45) is 1.48. The number of nitrogens with zero attached hydrogens (tertiary/aromatic N) is 1. The van der Waals surface area contributed by atoms with Crippen LogP contribution in [-0.2, 0) is 15.2 Å². The van der Waals surface area contributed by atoms with Crippen LogP contribution in [0.2, 0.25) is 5.15 Å². The maximum Gasteiger partial charge on any atom is 0.280 e. The molecule has 1 aromatic heterocycles. The fourth-order valence-corrected chi connectivity index (χ4v) is 1.40. The molecule has 0 radical (unpaired) electrons. The van der Waals surface area contributed by atoms with Crippen LogP contribution in [0.3, 0.4) is 0 Å². The van der Waals surface area contributed by atoms with Gasteiger partial charge < -0.3 is 4.10 Å². The molecular formula is C5H5BClNO2S. The number of aromatic nitrogens is 1. The van der Waals surface area contributed by atoms with Crippen molar-refractivity contribution in [2.45, 2.75) is 4.90 Å². The van der Waals surface area contributed by atoms with Crippen LogP contribution in [0.4, 0.5) is 0 Å². The second-order valence-electron chi connectivity index (χ2n) is 1.72. The van der Waals surface area contributed by atoms with Gasteiger partial charge in [-0.3, -0.25) is 0 Å². The average molecular weight is 189 g/mol. The third-order valence-electron chi connectivity index (χ3n) is 1.04. The van der Waals surface area contributed by atoms with Gasteiger partial charge in [0.1, 0.15) is 5.15 Å². The molecule has 1 rings (SSSR count). The zero-order valence-corrected chi connectivity index (χ0v) is 7.35. The quantitative estimate of drug-likeness (QED) is 0.497. The Morgan fingerprint density at radius 2 is 2.45 bits per heavy atom. The van der Waals surface area contributed by atoms with Crippen molar-refractivity contribution in [3.63, 3.8) is 0 Å². The topological polar surface area (TPSA) is 39.2 Å². The van der Waals surface area contributed by atoms with Gasteiger partial charge in [-0.1, -0.05) is 11.6 Å². The number of rotatable bonds is 2. The van der Waals surface area contributed by atoms with Gasteiger partial charge in [-0.2, -0.15) is 0 Å². The van der Waals surface area contributed by atoms with Crippen molar-refractivity contribution < 1.29 is 8.31 Å². The lowest BCUT2D eigenvalue weighted by Crippen LogP contribution is -1.94. The Hall–Kier alpha value is -0.385. The lowest BCUT2D eigenvalue weighted by molar-refractivity contribution is 0.596. The van der Waals surface area contributed by atoms with E-state index < -0.39 is 11.1 Å². The van der Waals surface area contributed by atoms with Crippen molar-refractivity contribution in [1.29, 1.82) is 0 Å². The molecule has 0 fully saturated rings. The number of hydrogen-bond donors (Lipinski definition) is 0. The molecule has 1 unspecified atom stereocenters. The smallest absolute Gasteiger partial charge is 0.280 e. The molecule has 0 spiro atoms. The van der Waals surface area contributed by atoms with Gasteiger partial charge in [0.05, 0.1) is 4.90 Å². The monoisotopic (exact) mass is 189 g/mol. The fraction of sp³-hybridized carbons (Fsp3) is 0. The average Bonchev–Trinajstić information content (AvgIpc) is 2.03. The molecule has 0 N–H and O–H groups in total. The summed E-state index contributed by atoms with van der Waals surface area (Å²) in [4.78, 5) is 4.25. The fourth-order valence-electron chi connectivity index (χ4n) is 0.585. The lowest BCUT2D eigenvalue weighted by atomic mass is 10.5. The van der Waals surface area contributed by atoms with Crippen molar-refractivity contribution in [3.8, 4) is 0 Å². The molecule has 1 atom stereocenters. The van der Waals surface area contributed by atoms with E-state index in [1.807, 2.05) is 0 Å². The SMILES string of the molecule is BOS(=O)c1ccnc(Cl)c1. The molecule has 0 aliphatic heterocycles. The molecular weight excluding hydrogens is 184 g/mol. The van der Waals surface area contributed by atoms with Gasteiger partial charge >= 0.3 is 0 Å². The van der Waals surface area contributed by atoms with Crippen LogP contribution in [-0.4, -0.2) is 17.2 Å². The molecule has 0 aliphatic rings. The van der Waals surface area contributed by atoms with Gasteiger partial charge in [-0.05, 0) is 12.1 Å². The molecule has 0 amide bonds. The Labute approximate surface area is 72.8 Å². The first-order chi connectivity index (χ1) is 5.24. The molecule has 0 bridgehead atoms. The minimum absolute atomic E-state index is 0.313. The van der Waals surface area contributed by atoms with Crippen LogP contribution in [0.1, 0.15) is 0 Å². The first-order valence-corrected chi connectivity index (χ1v) is 4.27. The van der Waals surface area contributed by atoms with E-state index in [2.05, 4.69) is 9.08 Å². The summed E-state index contributed by atoms with van der Waals surface area (Å²) in [6, 6.07) is 3.09. The minimum Gasteiger partial charge on any atom is -0.360 e.